The molecule has 1 atom stereocenters. The van der Waals surface area contributed by atoms with Crippen LogP contribution in [0.3, 0.4) is 0 Å². The Hall–Kier alpha value is -1.70. The van der Waals surface area contributed by atoms with Gasteiger partial charge in [-0.05, 0) is 26.3 Å². The summed E-state index contributed by atoms with van der Waals surface area (Å²) in [7, 11) is -1.86. The zero-order valence-corrected chi connectivity index (χ0v) is 14.8. The average Bonchev–Trinajstić information content (AvgIpc) is 2.93. The molecule has 6 nitrogen and oxygen atoms in total. The van der Waals surface area contributed by atoms with Crippen LogP contribution in [0.2, 0.25) is 0 Å². The fourth-order valence-corrected chi connectivity index (χ4v) is 3.55. The fraction of sp³-hybridized carbons (Fsp3) is 0.438. The summed E-state index contributed by atoms with van der Waals surface area (Å²) in [4.78, 5) is 0.173. The fourth-order valence-electron chi connectivity index (χ4n) is 2.36. The second kappa shape index (κ2) is 6.82. The molecule has 2 rings (SSSR count). The van der Waals surface area contributed by atoms with Crippen molar-refractivity contribution >= 4 is 10.0 Å². The van der Waals surface area contributed by atoms with Crippen molar-refractivity contribution in [3.05, 3.63) is 48.3 Å². The first-order chi connectivity index (χ1) is 10.7. The molecule has 0 saturated heterocycles. The van der Waals surface area contributed by atoms with Crippen molar-refractivity contribution in [1.29, 1.82) is 0 Å². The van der Waals surface area contributed by atoms with Crippen LogP contribution in [0.4, 0.5) is 0 Å². The summed E-state index contributed by atoms with van der Waals surface area (Å²) in [5, 5.41) is 7.35. The highest BCUT2D eigenvalue weighted by atomic mass is 32.2. The lowest BCUT2D eigenvalue weighted by atomic mass is 10.0. The van der Waals surface area contributed by atoms with Gasteiger partial charge >= 0.3 is 0 Å². The molecule has 1 heterocycles. The molecular formula is C16H24N4O2S. The van der Waals surface area contributed by atoms with Gasteiger partial charge in [0.2, 0.25) is 10.0 Å². The number of nitrogens with one attached hydrogen (secondary N) is 2. The van der Waals surface area contributed by atoms with Crippen molar-refractivity contribution in [3.63, 3.8) is 0 Å². The summed E-state index contributed by atoms with van der Waals surface area (Å²) in [6.07, 6.45) is 2.82. The molecule has 0 radical (unpaired) electrons. The molecule has 0 amide bonds. The Morgan fingerprint density at radius 3 is 2.48 bits per heavy atom. The Morgan fingerprint density at radius 2 is 1.91 bits per heavy atom. The molecule has 126 valence electrons. The van der Waals surface area contributed by atoms with E-state index in [0.29, 0.717) is 0 Å². The van der Waals surface area contributed by atoms with Gasteiger partial charge < -0.3 is 5.32 Å². The van der Waals surface area contributed by atoms with Gasteiger partial charge in [-0.25, -0.2) is 13.1 Å². The maximum Gasteiger partial charge on any atom is 0.243 e. The second-order valence-corrected chi connectivity index (χ2v) is 8.10. The predicted molar refractivity (Wildman–Crippen MR) is 90.5 cm³/mol. The van der Waals surface area contributed by atoms with E-state index in [4.69, 9.17) is 0 Å². The first-order valence-corrected chi connectivity index (χ1v) is 8.99. The van der Waals surface area contributed by atoms with Gasteiger partial charge in [0.25, 0.3) is 0 Å². The number of benzene rings is 1. The number of hydrogen-bond donors (Lipinski definition) is 2. The third-order valence-corrected chi connectivity index (χ3v) is 4.96. The van der Waals surface area contributed by atoms with Crippen LogP contribution in [0, 0.1) is 0 Å². The third-order valence-electron chi connectivity index (χ3n) is 3.60. The van der Waals surface area contributed by atoms with Crippen LogP contribution < -0.4 is 10.0 Å². The van der Waals surface area contributed by atoms with Gasteiger partial charge in [-0.2, -0.15) is 5.10 Å². The van der Waals surface area contributed by atoms with Crippen LogP contribution in [0.15, 0.2) is 47.6 Å². The van der Waals surface area contributed by atoms with E-state index in [2.05, 4.69) is 22.1 Å². The van der Waals surface area contributed by atoms with E-state index < -0.39 is 15.6 Å². The number of aryl methyl sites for hydroxylation is 1. The molecule has 0 saturated carbocycles. The standard InChI is InChI=1S/C16H24N4O2S/c1-13(14-8-6-5-7-9-14)19-16(2,3)12-18-23(21,22)15-10-17-20(4)11-15/h5-11,13,18-19H,12H2,1-4H3. The molecule has 1 unspecified atom stereocenters. The molecule has 0 fully saturated rings. The Labute approximate surface area is 138 Å². The maximum absolute atomic E-state index is 12.3. The minimum atomic E-state index is -3.55. The van der Waals surface area contributed by atoms with Crippen LogP contribution in [0.25, 0.3) is 0 Å². The van der Waals surface area contributed by atoms with Gasteiger partial charge in [0, 0.05) is 31.4 Å². The van der Waals surface area contributed by atoms with Gasteiger partial charge in [-0.15, -0.1) is 0 Å². The second-order valence-electron chi connectivity index (χ2n) is 6.33. The number of nitrogens with zero attached hydrogens (tertiary/aromatic N) is 2. The monoisotopic (exact) mass is 336 g/mol. The van der Waals surface area contributed by atoms with Gasteiger partial charge in [0.15, 0.2) is 0 Å². The number of aromatic nitrogens is 2. The minimum Gasteiger partial charge on any atom is -0.304 e. The van der Waals surface area contributed by atoms with Crippen LogP contribution in [-0.2, 0) is 17.1 Å². The van der Waals surface area contributed by atoms with Crippen molar-refractivity contribution in [2.24, 2.45) is 7.05 Å². The van der Waals surface area contributed by atoms with Crippen molar-refractivity contribution < 1.29 is 8.42 Å². The van der Waals surface area contributed by atoms with E-state index in [-0.39, 0.29) is 17.5 Å². The highest BCUT2D eigenvalue weighted by Gasteiger charge is 2.24. The van der Waals surface area contributed by atoms with Gasteiger partial charge in [0.05, 0.1) is 6.20 Å². The molecular weight excluding hydrogens is 312 g/mol. The lowest BCUT2D eigenvalue weighted by Gasteiger charge is -2.30. The third kappa shape index (κ3) is 4.89. The predicted octanol–water partition coefficient (Wildman–Crippen LogP) is 1.83. The van der Waals surface area contributed by atoms with E-state index >= 15 is 0 Å². The Balaban J connectivity index is 1.98. The van der Waals surface area contributed by atoms with Crippen LogP contribution >= 0.6 is 0 Å². The van der Waals surface area contributed by atoms with E-state index in [0.717, 1.165) is 5.56 Å². The Kier molecular flexibility index (Phi) is 5.23. The Morgan fingerprint density at radius 1 is 1.26 bits per heavy atom. The molecule has 0 spiro atoms. The van der Waals surface area contributed by atoms with Crippen molar-refractivity contribution in [1.82, 2.24) is 19.8 Å². The molecule has 7 heteroatoms. The first kappa shape index (κ1) is 17.7. The van der Waals surface area contributed by atoms with E-state index in [9.17, 15) is 8.42 Å². The molecule has 0 aliphatic carbocycles. The lowest BCUT2D eigenvalue weighted by molar-refractivity contribution is 0.346. The number of rotatable bonds is 7. The minimum absolute atomic E-state index is 0.120. The normalized spacial score (nSPS) is 13.9. The first-order valence-electron chi connectivity index (χ1n) is 7.51. The van der Waals surface area contributed by atoms with Gasteiger partial charge in [0.1, 0.15) is 4.90 Å². The molecule has 0 bridgehead atoms. The molecule has 23 heavy (non-hydrogen) atoms. The highest BCUT2D eigenvalue weighted by molar-refractivity contribution is 7.89. The van der Waals surface area contributed by atoms with Gasteiger partial charge in [-0.3, -0.25) is 4.68 Å². The number of hydrogen-bond acceptors (Lipinski definition) is 4. The zero-order valence-electron chi connectivity index (χ0n) is 13.9. The van der Waals surface area contributed by atoms with Gasteiger partial charge in [-0.1, -0.05) is 30.3 Å². The summed E-state index contributed by atoms with van der Waals surface area (Å²) in [6, 6.07) is 10.2. The smallest absolute Gasteiger partial charge is 0.243 e. The largest absolute Gasteiger partial charge is 0.304 e. The maximum atomic E-state index is 12.3. The molecule has 1 aromatic carbocycles. The van der Waals surface area contributed by atoms with Crippen molar-refractivity contribution in [2.45, 2.75) is 37.2 Å². The molecule has 0 aliphatic rings. The summed E-state index contributed by atoms with van der Waals surface area (Å²) < 4.78 is 28.6. The number of sulfonamides is 1. The molecule has 0 aliphatic heterocycles. The summed E-state index contributed by atoms with van der Waals surface area (Å²) in [5.74, 6) is 0. The van der Waals surface area contributed by atoms with Crippen LogP contribution in [-0.4, -0.2) is 30.3 Å². The molecule has 2 N–H and O–H groups in total. The zero-order chi connectivity index (χ0) is 17.1. The van der Waals surface area contributed by atoms with Crippen molar-refractivity contribution in [2.75, 3.05) is 6.54 Å². The van der Waals surface area contributed by atoms with Crippen molar-refractivity contribution in [3.8, 4) is 0 Å². The SMILES string of the molecule is CC(NC(C)(C)CNS(=O)(=O)c1cnn(C)c1)c1ccccc1. The highest BCUT2D eigenvalue weighted by Crippen LogP contribution is 2.16. The molecule has 1 aromatic heterocycles. The average molecular weight is 336 g/mol. The van der Waals surface area contributed by atoms with E-state index in [1.54, 1.807) is 7.05 Å². The Bertz CT molecular complexity index is 738. The molecule has 2 aromatic rings. The topological polar surface area (TPSA) is 76.0 Å². The quantitative estimate of drug-likeness (QED) is 0.809. The van der Waals surface area contributed by atoms with Crippen LogP contribution in [0.5, 0.6) is 0 Å². The van der Waals surface area contributed by atoms with Crippen LogP contribution in [0.1, 0.15) is 32.4 Å². The van der Waals surface area contributed by atoms with E-state index in [1.165, 1.54) is 17.1 Å². The summed E-state index contributed by atoms with van der Waals surface area (Å²) in [5.41, 5.74) is 0.764. The lowest BCUT2D eigenvalue weighted by Crippen LogP contribution is -2.49. The van der Waals surface area contributed by atoms with E-state index in [1.807, 2.05) is 44.2 Å². The summed E-state index contributed by atoms with van der Waals surface area (Å²) >= 11 is 0. The summed E-state index contributed by atoms with van der Waals surface area (Å²) in [6.45, 7) is 6.28.